The Morgan fingerprint density at radius 3 is 2.64 bits per heavy atom. The maximum atomic E-state index is 12.5. The summed E-state index contributed by atoms with van der Waals surface area (Å²) < 4.78 is 0. The predicted molar refractivity (Wildman–Crippen MR) is 89.5 cm³/mol. The Morgan fingerprint density at radius 2 is 1.95 bits per heavy atom. The molecule has 3 aromatic rings. The van der Waals surface area contributed by atoms with E-state index in [4.69, 9.17) is 0 Å². The minimum atomic E-state index is -0.248. The van der Waals surface area contributed by atoms with Crippen molar-refractivity contribution in [3.05, 3.63) is 46.0 Å². The number of carbonyl (C=O) groups is 1. The Kier molecular flexibility index (Phi) is 4.26. The fraction of sp³-hybridized carbons (Fsp3) is 0.200. The molecule has 0 aliphatic heterocycles. The Labute approximate surface area is 136 Å². The molecular weight excluding hydrogens is 316 g/mol. The van der Waals surface area contributed by atoms with Crippen LogP contribution in [0.1, 0.15) is 27.4 Å². The molecule has 112 valence electrons. The molecular formula is C15H14N4OS2. The molecule has 0 aliphatic rings. The maximum Gasteiger partial charge on any atom is 0.277 e. The van der Waals surface area contributed by atoms with Crippen molar-refractivity contribution in [3.63, 3.8) is 0 Å². The molecule has 0 aliphatic carbocycles. The van der Waals surface area contributed by atoms with Gasteiger partial charge < -0.3 is 0 Å². The van der Waals surface area contributed by atoms with E-state index in [0.717, 1.165) is 26.9 Å². The van der Waals surface area contributed by atoms with Crippen molar-refractivity contribution in [2.45, 2.75) is 20.3 Å². The van der Waals surface area contributed by atoms with Crippen LogP contribution in [0.3, 0.4) is 0 Å². The monoisotopic (exact) mass is 330 g/mol. The van der Waals surface area contributed by atoms with Gasteiger partial charge in [0.15, 0.2) is 0 Å². The highest BCUT2D eigenvalue weighted by molar-refractivity contribution is 7.16. The third-order valence-corrected chi connectivity index (χ3v) is 4.98. The number of aromatic nitrogens is 3. The summed E-state index contributed by atoms with van der Waals surface area (Å²) >= 11 is 2.90. The molecule has 1 amide bonds. The van der Waals surface area contributed by atoms with Gasteiger partial charge in [-0.2, -0.15) is 0 Å². The molecule has 2 heterocycles. The van der Waals surface area contributed by atoms with Crippen LogP contribution in [0, 0.1) is 6.92 Å². The number of amides is 1. The molecule has 5 nitrogen and oxygen atoms in total. The minimum absolute atomic E-state index is 0.248. The molecule has 0 saturated carbocycles. The maximum absolute atomic E-state index is 12.5. The van der Waals surface area contributed by atoms with Crippen molar-refractivity contribution in [3.8, 4) is 10.4 Å². The summed E-state index contributed by atoms with van der Waals surface area (Å²) in [5.41, 5.74) is 1.42. The molecule has 7 heteroatoms. The van der Waals surface area contributed by atoms with Gasteiger partial charge in [-0.1, -0.05) is 48.6 Å². The molecule has 0 atom stereocenters. The predicted octanol–water partition coefficient (Wildman–Crippen LogP) is 3.78. The first-order valence-electron chi connectivity index (χ1n) is 6.84. The van der Waals surface area contributed by atoms with E-state index in [0.29, 0.717) is 10.8 Å². The van der Waals surface area contributed by atoms with Crippen molar-refractivity contribution in [2.24, 2.45) is 0 Å². The van der Waals surface area contributed by atoms with Crippen molar-refractivity contribution in [2.75, 3.05) is 5.32 Å². The summed E-state index contributed by atoms with van der Waals surface area (Å²) in [4.78, 5) is 17.7. The average molecular weight is 330 g/mol. The second-order valence-corrected chi connectivity index (χ2v) is 6.85. The molecule has 1 aromatic carbocycles. The van der Waals surface area contributed by atoms with Crippen LogP contribution in [0.15, 0.2) is 30.3 Å². The van der Waals surface area contributed by atoms with Gasteiger partial charge in [-0.05, 0) is 18.9 Å². The molecule has 3 rings (SSSR count). The second kappa shape index (κ2) is 6.33. The lowest BCUT2D eigenvalue weighted by molar-refractivity contribution is 0.102. The van der Waals surface area contributed by atoms with Gasteiger partial charge in [-0.15, -0.1) is 21.5 Å². The number of anilines is 1. The number of hydrogen-bond donors (Lipinski definition) is 1. The lowest BCUT2D eigenvalue weighted by Crippen LogP contribution is -2.13. The number of thiazole rings is 1. The normalized spacial score (nSPS) is 10.6. The lowest BCUT2D eigenvalue weighted by Gasteiger charge is -2.02. The van der Waals surface area contributed by atoms with E-state index < -0.39 is 0 Å². The molecule has 0 unspecified atom stereocenters. The third-order valence-electron chi connectivity index (χ3n) is 2.97. The van der Waals surface area contributed by atoms with Gasteiger partial charge in [0.2, 0.25) is 5.13 Å². The van der Waals surface area contributed by atoms with Gasteiger partial charge in [0, 0.05) is 0 Å². The van der Waals surface area contributed by atoms with Gasteiger partial charge in [-0.25, -0.2) is 4.98 Å². The van der Waals surface area contributed by atoms with E-state index in [1.165, 1.54) is 22.7 Å². The van der Waals surface area contributed by atoms with E-state index >= 15 is 0 Å². The number of aryl methyl sites for hydroxylation is 2. The van der Waals surface area contributed by atoms with Crippen LogP contribution in [0.25, 0.3) is 10.4 Å². The number of rotatable bonds is 4. The third kappa shape index (κ3) is 3.05. The summed E-state index contributed by atoms with van der Waals surface area (Å²) in [5.74, 6) is -0.248. The highest BCUT2D eigenvalue weighted by Crippen LogP contribution is 2.30. The Balaban J connectivity index is 1.89. The van der Waals surface area contributed by atoms with E-state index in [-0.39, 0.29) is 5.91 Å². The number of benzene rings is 1. The Hall–Kier alpha value is -2.12. The molecule has 0 saturated heterocycles. The van der Waals surface area contributed by atoms with Crippen molar-refractivity contribution in [1.82, 2.24) is 15.2 Å². The minimum Gasteiger partial charge on any atom is -0.295 e. The fourth-order valence-corrected chi connectivity index (χ4v) is 3.57. The summed E-state index contributed by atoms with van der Waals surface area (Å²) in [6.45, 7) is 3.90. The van der Waals surface area contributed by atoms with Crippen LogP contribution in [0.4, 0.5) is 5.13 Å². The topological polar surface area (TPSA) is 67.8 Å². The number of nitrogens with one attached hydrogen (secondary N) is 1. The van der Waals surface area contributed by atoms with Crippen LogP contribution < -0.4 is 5.32 Å². The van der Waals surface area contributed by atoms with E-state index in [2.05, 4.69) is 20.5 Å². The zero-order chi connectivity index (χ0) is 15.5. The number of carbonyl (C=O) groups excluding carboxylic acids is 1. The first kappa shape index (κ1) is 14.8. The quantitative estimate of drug-likeness (QED) is 0.790. The highest BCUT2D eigenvalue weighted by atomic mass is 32.1. The molecule has 0 fully saturated rings. The smallest absolute Gasteiger partial charge is 0.277 e. The number of hydrogen-bond acceptors (Lipinski definition) is 6. The zero-order valence-electron chi connectivity index (χ0n) is 12.2. The van der Waals surface area contributed by atoms with E-state index in [9.17, 15) is 4.79 Å². The molecule has 22 heavy (non-hydrogen) atoms. The van der Waals surface area contributed by atoms with Crippen LogP contribution >= 0.6 is 22.7 Å². The molecule has 1 N–H and O–H groups in total. The summed E-state index contributed by atoms with van der Waals surface area (Å²) in [6.07, 6.45) is 0.804. The van der Waals surface area contributed by atoms with Crippen molar-refractivity contribution >= 4 is 33.7 Å². The molecule has 0 bridgehead atoms. The Morgan fingerprint density at radius 1 is 1.18 bits per heavy atom. The molecule has 2 aromatic heterocycles. The van der Waals surface area contributed by atoms with Gasteiger partial charge in [-0.3, -0.25) is 10.1 Å². The average Bonchev–Trinajstić information content (AvgIpc) is 3.14. The van der Waals surface area contributed by atoms with Gasteiger partial charge in [0.05, 0.1) is 9.88 Å². The van der Waals surface area contributed by atoms with Crippen LogP contribution in [0.5, 0.6) is 0 Å². The highest BCUT2D eigenvalue weighted by Gasteiger charge is 2.19. The summed E-state index contributed by atoms with van der Waals surface area (Å²) in [7, 11) is 0. The zero-order valence-corrected chi connectivity index (χ0v) is 13.8. The van der Waals surface area contributed by atoms with Crippen LogP contribution in [-0.4, -0.2) is 21.1 Å². The van der Waals surface area contributed by atoms with Gasteiger partial charge in [0.25, 0.3) is 5.91 Å². The molecule has 0 radical (unpaired) electrons. The Bertz CT molecular complexity index is 795. The lowest BCUT2D eigenvalue weighted by atomic mass is 10.1. The largest absolute Gasteiger partial charge is 0.295 e. The standard InChI is InChI=1S/C15H14N4OS2/c1-3-11-18-19-15(22-11)17-14(20)12-13(21-9(2)16-12)10-7-5-4-6-8-10/h4-8H,3H2,1-2H3,(H,17,19,20). The second-order valence-electron chi connectivity index (χ2n) is 4.59. The number of nitrogens with zero attached hydrogens (tertiary/aromatic N) is 3. The van der Waals surface area contributed by atoms with Gasteiger partial charge in [0.1, 0.15) is 10.7 Å². The fourth-order valence-electron chi connectivity index (χ4n) is 1.97. The first-order chi connectivity index (χ1) is 10.7. The van der Waals surface area contributed by atoms with Crippen LogP contribution in [0.2, 0.25) is 0 Å². The van der Waals surface area contributed by atoms with Crippen molar-refractivity contribution in [1.29, 1.82) is 0 Å². The first-order valence-corrected chi connectivity index (χ1v) is 8.47. The van der Waals surface area contributed by atoms with E-state index in [1.807, 2.05) is 44.2 Å². The van der Waals surface area contributed by atoms with Crippen LogP contribution in [-0.2, 0) is 6.42 Å². The molecule has 0 spiro atoms. The SMILES string of the molecule is CCc1nnc(NC(=O)c2nc(C)sc2-c2ccccc2)s1. The summed E-state index contributed by atoms with van der Waals surface area (Å²) in [6, 6.07) is 9.80. The van der Waals surface area contributed by atoms with Crippen molar-refractivity contribution < 1.29 is 4.79 Å². The van der Waals surface area contributed by atoms with Gasteiger partial charge >= 0.3 is 0 Å². The van der Waals surface area contributed by atoms with E-state index in [1.54, 1.807) is 0 Å². The summed E-state index contributed by atoms with van der Waals surface area (Å²) in [5, 5.41) is 13.0.